The highest BCUT2D eigenvalue weighted by molar-refractivity contribution is 5.86. The van der Waals surface area contributed by atoms with Crippen LogP contribution in [0.1, 0.15) is 6.92 Å². The van der Waals surface area contributed by atoms with Crippen LogP contribution in [0.2, 0.25) is 0 Å². The van der Waals surface area contributed by atoms with E-state index in [-0.39, 0.29) is 6.54 Å². The van der Waals surface area contributed by atoms with Crippen molar-refractivity contribution in [2.75, 3.05) is 19.8 Å². The minimum Gasteiger partial charge on any atom is -0.394 e. The maximum Gasteiger partial charge on any atom is 0.291 e. The van der Waals surface area contributed by atoms with Crippen molar-refractivity contribution in [1.29, 1.82) is 0 Å². The molecule has 2 amide bonds. The molecule has 0 spiro atoms. The second-order valence-corrected chi connectivity index (χ2v) is 3.00. The summed E-state index contributed by atoms with van der Waals surface area (Å²) in [6, 6.07) is 0. The van der Waals surface area contributed by atoms with Gasteiger partial charge in [-0.05, 0) is 6.92 Å². The van der Waals surface area contributed by atoms with E-state index >= 15 is 0 Å². The highest BCUT2D eigenvalue weighted by Crippen LogP contribution is 1.94. The first-order valence-electron chi connectivity index (χ1n) is 4.58. The molecule has 0 bridgehead atoms. The first-order chi connectivity index (χ1) is 7.43. The summed E-state index contributed by atoms with van der Waals surface area (Å²) in [6.45, 7) is -0.441. The lowest BCUT2D eigenvalue weighted by molar-refractivity contribution is -0.153. The number of carbonyl (C=O) groups is 2. The lowest BCUT2D eigenvalue weighted by Gasteiger charge is -2.21. The van der Waals surface area contributed by atoms with E-state index in [1.807, 2.05) is 0 Å². The predicted octanol–water partition coefficient (Wildman–Crippen LogP) is -3.41. The predicted molar refractivity (Wildman–Crippen MR) is 50.7 cm³/mol. The number of carbonyl (C=O) groups excluding carboxylic acids is 2. The Labute approximate surface area is 92.1 Å². The van der Waals surface area contributed by atoms with Gasteiger partial charge in [-0.2, -0.15) is 0 Å². The van der Waals surface area contributed by atoms with Gasteiger partial charge < -0.3 is 20.4 Å². The van der Waals surface area contributed by atoms with Gasteiger partial charge in [0.05, 0.1) is 19.8 Å². The summed E-state index contributed by atoms with van der Waals surface area (Å²) >= 11 is 0. The fraction of sp³-hybridized carbons (Fsp3) is 0.750. The molecule has 0 heterocycles. The van der Waals surface area contributed by atoms with Gasteiger partial charge in [0.2, 0.25) is 0 Å². The smallest absolute Gasteiger partial charge is 0.291 e. The SMILES string of the molecule is CC(O)C(=O)[N]N(CCO)C(=O)C(O)CO. The Bertz CT molecular complexity index is 245. The molecule has 0 rings (SSSR count). The van der Waals surface area contributed by atoms with Crippen LogP contribution >= 0.6 is 0 Å². The number of hydrogen-bond donors (Lipinski definition) is 4. The molecule has 0 aliphatic carbocycles. The second kappa shape index (κ2) is 7.12. The quantitative estimate of drug-likeness (QED) is 0.367. The van der Waals surface area contributed by atoms with Gasteiger partial charge in [-0.3, -0.25) is 9.59 Å². The molecule has 0 aromatic carbocycles. The number of aliphatic hydroxyl groups is 4. The average molecular weight is 235 g/mol. The largest absolute Gasteiger partial charge is 0.394 e. The van der Waals surface area contributed by atoms with Crippen LogP contribution in [0, 0.1) is 0 Å². The number of hydrogen-bond acceptors (Lipinski definition) is 6. The Hall–Kier alpha value is -1.22. The van der Waals surface area contributed by atoms with E-state index in [1.54, 1.807) is 0 Å². The van der Waals surface area contributed by atoms with Crippen molar-refractivity contribution < 1.29 is 30.0 Å². The Morgan fingerprint density at radius 3 is 2.25 bits per heavy atom. The standard InChI is InChI=1S/C8H15N2O6/c1-5(13)7(15)9-10(2-3-11)8(16)6(14)4-12/h5-6,11-14H,2-4H2,1H3. The Kier molecular flexibility index (Phi) is 6.58. The molecule has 2 atom stereocenters. The van der Waals surface area contributed by atoms with Crippen LogP contribution < -0.4 is 5.43 Å². The summed E-state index contributed by atoms with van der Waals surface area (Å²) in [5.41, 5.74) is 3.20. The lowest BCUT2D eigenvalue weighted by Crippen LogP contribution is -2.50. The first kappa shape index (κ1) is 14.8. The summed E-state index contributed by atoms with van der Waals surface area (Å²) in [5.74, 6) is -2.00. The molecule has 1 radical (unpaired) electrons. The monoisotopic (exact) mass is 235 g/mol. The lowest BCUT2D eigenvalue weighted by atomic mass is 10.3. The fourth-order valence-electron chi connectivity index (χ4n) is 0.757. The number of aliphatic hydroxyl groups excluding tert-OH is 4. The minimum absolute atomic E-state index is 0.311. The Morgan fingerprint density at radius 1 is 1.31 bits per heavy atom. The topological polar surface area (TPSA) is 132 Å². The van der Waals surface area contributed by atoms with Gasteiger partial charge in [0.1, 0.15) is 6.10 Å². The molecule has 0 aliphatic heterocycles. The second-order valence-electron chi connectivity index (χ2n) is 3.00. The zero-order chi connectivity index (χ0) is 12.7. The minimum atomic E-state index is -1.71. The Balaban J connectivity index is 4.48. The summed E-state index contributed by atoms with van der Waals surface area (Å²) < 4.78 is 0. The van der Waals surface area contributed by atoms with Crippen LogP contribution in [0.15, 0.2) is 0 Å². The van der Waals surface area contributed by atoms with Crippen molar-refractivity contribution in [1.82, 2.24) is 10.4 Å². The molecular weight excluding hydrogens is 220 g/mol. The maximum absolute atomic E-state index is 11.3. The molecule has 8 heteroatoms. The van der Waals surface area contributed by atoms with Crippen molar-refractivity contribution in [2.45, 2.75) is 19.1 Å². The van der Waals surface area contributed by atoms with Crippen molar-refractivity contribution in [3.05, 3.63) is 0 Å². The van der Waals surface area contributed by atoms with Gasteiger partial charge in [0.15, 0.2) is 6.10 Å². The van der Waals surface area contributed by atoms with E-state index in [1.165, 1.54) is 0 Å². The van der Waals surface area contributed by atoms with Crippen molar-refractivity contribution in [3.63, 3.8) is 0 Å². The van der Waals surface area contributed by atoms with Crippen LogP contribution in [-0.2, 0) is 9.59 Å². The zero-order valence-corrected chi connectivity index (χ0v) is 8.78. The van der Waals surface area contributed by atoms with Crippen LogP contribution in [0.5, 0.6) is 0 Å². The number of nitrogens with zero attached hydrogens (tertiary/aromatic N) is 2. The van der Waals surface area contributed by atoms with Gasteiger partial charge in [-0.15, -0.1) is 5.43 Å². The maximum atomic E-state index is 11.3. The summed E-state index contributed by atoms with van der Waals surface area (Å²) in [7, 11) is 0. The molecular formula is C8H15N2O6. The molecule has 8 nitrogen and oxygen atoms in total. The van der Waals surface area contributed by atoms with Gasteiger partial charge in [-0.1, -0.05) is 0 Å². The van der Waals surface area contributed by atoms with E-state index in [9.17, 15) is 9.59 Å². The van der Waals surface area contributed by atoms with Crippen LogP contribution in [0.3, 0.4) is 0 Å². The summed E-state index contributed by atoms with van der Waals surface area (Å²) in [4.78, 5) is 22.3. The fourth-order valence-corrected chi connectivity index (χ4v) is 0.757. The van der Waals surface area contributed by atoms with Crippen LogP contribution in [-0.4, -0.2) is 69.2 Å². The van der Waals surface area contributed by atoms with Gasteiger partial charge in [0, 0.05) is 0 Å². The van der Waals surface area contributed by atoms with Gasteiger partial charge >= 0.3 is 0 Å². The third-order valence-corrected chi connectivity index (χ3v) is 1.60. The van der Waals surface area contributed by atoms with E-state index in [4.69, 9.17) is 20.4 Å². The number of rotatable bonds is 5. The highest BCUT2D eigenvalue weighted by atomic mass is 16.3. The van der Waals surface area contributed by atoms with Gasteiger partial charge in [0.25, 0.3) is 11.8 Å². The van der Waals surface area contributed by atoms with E-state index in [0.29, 0.717) is 5.01 Å². The van der Waals surface area contributed by atoms with E-state index < -0.39 is 37.2 Å². The molecule has 0 saturated heterocycles. The summed E-state index contributed by atoms with van der Waals surface area (Å²) in [6.07, 6.45) is -3.10. The molecule has 0 saturated carbocycles. The normalized spacial score (nSPS) is 14.1. The molecule has 0 aromatic heterocycles. The van der Waals surface area contributed by atoms with Crippen molar-refractivity contribution in [3.8, 4) is 0 Å². The number of amides is 2. The van der Waals surface area contributed by atoms with E-state index in [2.05, 4.69) is 5.43 Å². The Morgan fingerprint density at radius 2 is 1.88 bits per heavy atom. The van der Waals surface area contributed by atoms with Crippen molar-refractivity contribution >= 4 is 11.8 Å². The molecule has 0 aromatic rings. The first-order valence-corrected chi connectivity index (χ1v) is 4.58. The zero-order valence-electron chi connectivity index (χ0n) is 8.78. The molecule has 4 N–H and O–H groups in total. The van der Waals surface area contributed by atoms with Crippen LogP contribution in [0.25, 0.3) is 0 Å². The summed E-state index contributed by atoms with van der Waals surface area (Å²) in [5, 5.41) is 35.5. The van der Waals surface area contributed by atoms with Crippen LogP contribution in [0.4, 0.5) is 0 Å². The highest BCUT2D eigenvalue weighted by Gasteiger charge is 2.25. The van der Waals surface area contributed by atoms with E-state index in [0.717, 1.165) is 6.92 Å². The van der Waals surface area contributed by atoms with Crippen molar-refractivity contribution in [2.24, 2.45) is 0 Å². The van der Waals surface area contributed by atoms with Gasteiger partial charge in [-0.25, -0.2) is 5.01 Å². The average Bonchev–Trinajstić information content (AvgIpc) is 2.26. The third kappa shape index (κ3) is 4.53. The third-order valence-electron chi connectivity index (χ3n) is 1.60. The molecule has 0 aliphatic rings. The molecule has 2 unspecified atom stereocenters. The molecule has 93 valence electrons. The molecule has 16 heavy (non-hydrogen) atoms. The molecule has 0 fully saturated rings.